The molecule has 112 valence electrons. The topological polar surface area (TPSA) is 115 Å². The number of anilines is 1. The molecule has 1 aromatic heterocycles. The van der Waals surface area contributed by atoms with Crippen molar-refractivity contribution in [3.8, 4) is 0 Å². The molecule has 3 N–H and O–H groups in total. The van der Waals surface area contributed by atoms with Crippen molar-refractivity contribution in [2.24, 2.45) is 0 Å². The maximum atomic E-state index is 11.5. The molecule has 9 nitrogen and oxygen atoms in total. The van der Waals surface area contributed by atoms with E-state index in [1.165, 1.54) is 6.20 Å². The first-order chi connectivity index (χ1) is 9.61. The largest absolute Gasteiger partial charge is 0.480 e. The Morgan fingerprint density at radius 1 is 1.45 bits per heavy atom. The molecule has 1 aromatic rings. The van der Waals surface area contributed by atoms with E-state index in [9.17, 15) is 9.59 Å². The predicted octanol–water partition coefficient (Wildman–Crippen LogP) is -0.248. The van der Waals surface area contributed by atoms with Gasteiger partial charge in [0, 0.05) is 19.9 Å². The second-order valence-corrected chi connectivity index (χ2v) is 3.81. The number of nitrogens with zero attached hydrogens (tertiary/aromatic N) is 2. The third-order valence-corrected chi connectivity index (χ3v) is 2.17. The van der Waals surface area contributed by atoms with Gasteiger partial charge in [-0.15, -0.1) is 0 Å². The molecule has 0 aliphatic heterocycles. The number of carboxylic acid groups (broad SMARTS) is 1. The van der Waals surface area contributed by atoms with E-state index in [0.717, 1.165) is 0 Å². The summed E-state index contributed by atoms with van der Waals surface area (Å²) in [5, 5.41) is 17.5. The van der Waals surface area contributed by atoms with Crippen molar-refractivity contribution in [1.82, 2.24) is 15.1 Å². The lowest BCUT2D eigenvalue weighted by molar-refractivity contribution is -0.142. The molecule has 0 unspecified atom stereocenters. The molecule has 9 heteroatoms. The van der Waals surface area contributed by atoms with Crippen LogP contribution >= 0.6 is 0 Å². The van der Waals surface area contributed by atoms with Gasteiger partial charge >= 0.3 is 12.0 Å². The maximum Gasteiger partial charge on any atom is 0.329 e. The Balaban J connectivity index is 2.18. The van der Waals surface area contributed by atoms with Gasteiger partial charge in [-0.25, -0.2) is 9.59 Å². The van der Waals surface area contributed by atoms with Crippen molar-refractivity contribution < 1.29 is 24.2 Å². The summed E-state index contributed by atoms with van der Waals surface area (Å²) in [7, 11) is 1.60. The van der Waals surface area contributed by atoms with Crippen LogP contribution in [-0.4, -0.2) is 60.4 Å². The second kappa shape index (κ2) is 8.88. The average molecular weight is 286 g/mol. The zero-order valence-corrected chi connectivity index (χ0v) is 11.2. The molecule has 0 fully saturated rings. The normalized spacial score (nSPS) is 10.2. The van der Waals surface area contributed by atoms with Crippen molar-refractivity contribution in [2.45, 2.75) is 6.54 Å². The van der Waals surface area contributed by atoms with Gasteiger partial charge in [0.1, 0.15) is 6.61 Å². The van der Waals surface area contributed by atoms with Gasteiger partial charge < -0.3 is 25.2 Å². The minimum atomic E-state index is -1.04. The van der Waals surface area contributed by atoms with E-state index >= 15 is 0 Å². The van der Waals surface area contributed by atoms with E-state index in [2.05, 4.69) is 15.7 Å². The van der Waals surface area contributed by atoms with Crippen LogP contribution < -0.4 is 10.6 Å². The van der Waals surface area contributed by atoms with E-state index in [1.807, 2.05) is 0 Å². The molecule has 0 spiro atoms. The summed E-state index contributed by atoms with van der Waals surface area (Å²) in [6.07, 6.45) is 3.20. The first-order valence-corrected chi connectivity index (χ1v) is 5.97. The number of rotatable bonds is 9. The quantitative estimate of drug-likeness (QED) is 0.539. The molecule has 1 rings (SSSR count). The van der Waals surface area contributed by atoms with Gasteiger partial charge in [0.25, 0.3) is 0 Å². The number of aromatic nitrogens is 2. The van der Waals surface area contributed by atoms with Gasteiger partial charge in [-0.05, 0) is 0 Å². The number of aliphatic carboxylic acids is 1. The molecule has 0 bridgehead atoms. The fourth-order valence-corrected chi connectivity index (χ4v) is 1.31. The van der Waals surface area contributed by atoms with Gasteiger partial charge in [-0.3, -0.25) is 4.68 Å². The minimum Gasteiger partial charge on any atom is -0.480 e. The lowest BCUT2D eigenvalue weighted by atomic mass is 10.5. The lowest BCUT2D eigenvalue weighted by Crippen LogP contribution is -2.31. The SMILES string of the molecule is COCCn1cc(NC(=O)NCCOCC(=O)O)cn1. The van der Waals surface area contributed by atoms with Crippen LogP contribution in [0.25, 0.3) is 0 Å². The lowest BCUT2D eigenvalue weighted by Gasteiger charge is -2.05. The Labute approximate surface area is 115 Å². The third kappa shape index (κ3) is 6.71. The molecule has 2 amide bonds. The number of hydrogen-bond donors (Lipinski definition) is 3. The number of hydrogen-bond acceptors (Lipinski definition) is 5. The van der Waals surface area contributed by atoms with Crippen molar-refractivity contribution in [3.05, 3.63) is 12.4 Å². The van der Waals surface area contributed by atoms with Crippen molar-refractivity contribution in [2.75, 3.05) is 38.8 Å². The Hall–Kier alpha value is -2.13. The molecule has 0 aromatic carbocycles. The number of urea groups is 1. The van der Waals surface area contributed by atoms with Crippen molar-refractivity contribution in [3.63, 3.8) is 0 Å². The van der Waals surface area contributed by atoms with Crippen LogP contribution in [0.3, 0.4) is 0 Å². The third-order valence-electron chi connectivity index (χ3n) is 2.17. The summed E-state index contributed by atoms with van der Waals surface area (Å²) in [5.41, 5.74) is 0.560. The highest BCUT2D eigenvalue weighted by Gasteiger charge is 2.04. The van der Waals surface area contributed by atoms with Gasteiger partial charge in [0.2, 0.25) is 0 Å². The zero-order valence-electron chi connectivity index (χ0n) is 11.2. The van der Waals surface area contributed by atoms with E-state index in [4.69, 9.17) is 14.6 Å². The number of ether oxygens (including phenoxy) is 2. The molecule has 0 aliphatic carbocycles. The minimum absolute atomic E-state index is 0.132. The monoisotopic (exact) mass is 286 g/mol. The van der Waals surface area contributed by atoms with Crippen LogP contribution in [0.5, 0.6) is 0 Å². The van der Waals surface area contributed by atoms with Gasteiger partial charge in [0.15, 0.2) is 0 Å². The summed E-state index contributed by atoms with van der Waals surface area (Å²) in [4.78, 5) is 21.6. The molecular weight excluding hydrogens is 268 g/mol. The summed E-state index contributed by atoms with van der Waals surface area (Å²) < 4.78 is 11.3. The van der Waals surface area contributed by atoms with Crippen LogP contribution in [0, 0.1) is 0 Å². The Morgan fingerprint density at radius 3 is 2.95 bits per heavy atom. The number of carbonyl (C=O) groups excluding carboxylic acids is 1. The van der Waals surface area contributed by atoms with Crippen molar-refractivity contribution in [1.29, 1.82) is 0 Å². The first-order valence-electron chi connectivity index (χ1n) is 5.97. The molecule has 1 heterocycles. The summed E-state index contributed by atoms with van der Waals surface area (Å²) in [6.45, 7) is 1.11. The fourth-order valence-electron chi connectivity index (χ4n) is 1.31. The molecule has 0 atom stereocenters. The Kier molecular flexibility index (Phi) is 7.07. The standard InChI is InChI=1S/C11H18N4O5/c1-19-5-3-15-7-9(6-13-15)14-11(18)12-2-4-20-8-10(16)17/h6-7H,2-5,8H2,1H3,(H,16,17)(H2,12,14,18). The fraction of sp³-hybridized carbons (Fsp3) is 0.545. The average Bonchev–Trinajstić information content (AvgIpc) is 2.83. The highest BCUT2D eigenvalue weighted by atomic mass is 16.5. The van der Waals surface area contributed by atoms with Crippen molar-refractivity contribution >= 4 is 17.7 Å². The number of carboxylic acids is 1. The van der Waals surface area contributed by atoms with E-state index < -0.39 is 12.0 Å². The molecule has 0 aliphatic rings. The molecule has 0 radical (unpaired) electrons. The molecule has 0 saturated heterocycles. The molecular formula is C11H18N4O5. The number of amides is 2. The Morgan fingerprint density at radius 2 is 2.25 bits per heavy atom. The van der Waals surface area contributed by atoms with Crippen LogP contribution in [0.15, 0.2) is 12.4 Å². The van der Waals surface area contributed by atoms with E-state index in [-0.39, 0.29) is 19.8 Å². The summed E-state index contributed by atoms with van der Waals surface area (Å²) >= 11 is 0. The highest BCUT2D eigenvalue weighted by Crippen LogP contribution is 2.04. The van der Waals surface area contributed by atoms with Crippen LogP contribution in [-0.2, 0) is 20.8 Å². The second-order valence-electron chi connectivity index (χ2n) is 3.81. The maximum absolute atomic E-state index is 11.5. The number of methoxy groups -OCH3 is 1. The smallest absolute Gasteiger partial charge is 0.329 e. The van der Waals surface area contributed by atoms with Gasteiger partial charge in [-0.1, -0.05) is 0 Å². The van der Waals surface area contributed by atoms with Gasteiger partial charge in [-0.2, -0.15) is 5.10 Å². The zero-order chi connectivity index (χ0) is 14.8. The van der Waals surface area contributed by atoms with E-state index in [0.29, 0.717) is 18.8 Å². The highest BCUT2D eigenvalue weighted by molar-refractivity contribution is 5.88. The predicted molar refractivity (Wildman–Crippen MR) is 69.6 cm³/mol. The Bertz CT molecular complexity index is 434. The summed E-state index contributed by atoms with van der Waals surface area (Å²) in [6, 6.07) is -0.407. The first kappa shape index (κ1) is 15.9. The van der Waals surface area contributed by atoms with Crippen LogP contribution in [0.4, 0.5) is 10.5 Å². The van der Waals surface area contributed by atoms with Crippen LogP contribution in [0.2, 0.25) is 0 Å². The number of nitrogens with one attached hydrogen (secondary N) is 2. The molecule has 20 heavy (non-hydrogen) atoms. The van der Waals surface area contributed by atoms with Gasteiger partial charge in [0.05, 0.1) is 31.6 Å². The summed E-state index contributed by atoms with van der Waals surface area (Å²) in [5.74, 6) is -1.04. The van der Waals surface area contributed by atoms with E-state index in [1.54, 1.807) is 18.0 Å². The number of carbonyl (C=O) groups is 2. The van der Waals surface area contributed by atoms with Crippen LogP contribution in [0.1, 0.15) is 0 Å². The molecule has 0 saturated carbocycles.